The fourth-order valence-electron chi connectivity index (χ4n) is 1.79. The molecule has 1 aromatic heterocycles. The maximum absolute atomic E-state index is 12.1. The summed E-state index contributed by atoms with van der Waals surface area (Å²) in [4.78, 5) is 37.3. The molecule has 0 unspecified atom stereocenters. The molecule has 1 aromatic carbocycles. The summed E-state index contributed by atoms with van der Waals surface area (Å²) in [6, 6.07) is 7.91. The molecular formula is C14H11N3O5. The summed E-state index contributed by atoms with van der Waals surface area (Å²) in [5.74, 6) is -1.95. The van der Waals surface area contributed by atoms with E-state index >= 15 is 0 Å². The average Bonchev–Trinajstić information content (AvgIpc) is 2.46. The summed E-state index contributed by atoms with van der Waals surface area (Å²) in [6.07, 6.45) is 0. The lowest BCUT2D eigenvalue weighted by Gasteiger charge is -2.08. The maximum atomic E-state index is 12.1. The molecule has 1 heterocycles. The molecule has 0 aliphatic rings. The number of carbonyl (C=O) groups excluding carboxylic acids is 1. The van der Waals surface area contributed by atoms with Gasteiger partial charge in [0.1, 0.15) is 5.69 Å². The smallest absolute Gasteiger partial charge is 0.337 e. The Hall–Kier alpha value is -3.29. The largest absolute Gasteiger partial charge is 0.478 e. The summed E-state index contributed by atoms with van der Waals surface area (Å²) in [6.45, 7) is 1.70. The van der Waals surface area contributed by atoms with Gasteiger partial charge in [0.2, 0.25) is 0 Å². The summed E-state index contributed by atoms with van der Waals surface area (Å²) in [5, 5.41) is 22.2. The molecule has 0 spiro atoms. The monoisotopic (exact) mass is 301 g/mol. The van der Waals surface area contributed by atoms with Crippen LogP contribution in [-0.2, 0) is 0 Å². The van der Waals surface area contributed by atoms with Gasteiger partial charge in [0, 0.05) is 17.8 Å². The van der Waals surface area contributed by atoms with Crippen molar-refractivity contribution in [2.75, 3.05) is 5.32 Å². The van der Waals surface area contributed by atoms with Gasteiger partial charge < -0.3 is 10.4 Å². The van der Waals surface area contributed by atoms with Crippen molar-refractivity contribution in [1.29, 1.82) is 0 Å². The third kappa shape index (κ3) is 3.23. The van der Waals surface area contributed by atoms with Crippen LogP contribution in [0.1, 0.15) is 26.5 Å². The fraction of sp³-hybridized carbons (Fsp3) is 0.0714. The first-order valence-corrected chi connectivity index (χ1v) is 6.15. The number of aromatic nitrogens is 1. The molecule has 1 amide bonds. The van der Waals surface area contributed by atoms with Crippen molar-refractivity contribution < 1.29 is 19.6 Å². The number of nitro benzene ring substituents is 1. The van der Waals surface area contributed by atoms with Gasteiger partial charge in [-0.25, -0.2) is 9.78 Å². The SMILES string of the molecule is Cc1cccc(C(=O)Nc2cc([N+](=O)[O-])ccc2C(=O)O)n1. The van der Waals surface area contributed by atoms with Gasteiger partial charge in [-0.05, 0) is 25.1 Å². The van der Waals surface area contributed by atoms with Gasteiger partial charge in [-0.15, -0.1) is 0 Å². The Morgan fingerprint density at radius 3 is 2.59 bits per heavy atom. The lowest BCUT2D eigenvalue weighted by Crippen LogP contribution is -2.16. The van der Waals surface area contributed by atoms with E-state index in [1.807, 2.05) is 0 Å². The molecule has 8 heteroatoms. The van der Waals surface area contributed by atoms with E-state index in [1.54, 1.807) is 19.1 Å². The van der Waals surface area contributed by atoms with Crippen LogP contribution in [0.25, 0.3) is 0 Å². The fourth-order valence-corrected chi connectivity index (χ4v) is 1.79. The van der Waals surface area contributed by atoms with Crippen LogP contribution in [0.5, 0.6) is 0 Å². The highest BCUT2D eigenvalue weighted by Gasteiger charge is 2.18. The zero-order valence-corrected chi connectivity index (χ0v) is 11.4. The second kappa shape index (κ2) is 6.00. The molecule has 2 N–H and O–H groups in total. The number of carboxylic acid groups (broad SMARTS) is 1. The number of amides is 1. The molecular weight excluding hydrogens is 290 g/mol. The summed E-state index contributed by atoms with van der Waals surface area (Å²) >= 11 is 0. The molecule has 0 saturated carbocycles. The Morgan fingerprint density at radius 2 is 2.00 bits per heavy atom. The molecule has 0 aliphatic carbocycles. The van der Waals surface area contributed by atoms with Crippen molar-refractivity contribution in [1.82, 2.24) is 4.98 Å². The number of hydrogen-bond acceptors (Lipinski definition) is 5. The third-order valence-electron chi connectivity index (χ3n) is 2.81. The Bertz CT molecular complexity index is 773. The van der Waals surface area contributed by atoms with E-state index in [2.05, 4.69) is 10.3 Å². The number of pyridine rings is 1. The van der Waals surface area contributed by atoms with Gasteiger partial charge in [-0.2, -0.15) is 0 Å². The van der Waals surface area contributed by atoms with Crippen molar-refractivity contribution in [3.05, 3.63) is 63.5 Å². The molecule has 0 fully saturated rings. The topological polar surface area (TPSA) is 122 Å². The molecule has 0 bridgehead atoms. The van der Waals surface area contributed by atoms with Crippen LogP contribution in [0.2, 0.25) is 0 Å². The normalized spacial score (nSPS) is 10.0. The minimum absolute atomic E-state index is 0.0860. The Balaban J connectivity index is 2.38. The van der Waals surface area contributed by atoms with Crippen molar-refractivity contribution in [2.45, 2.75) is 6.92 Å². The molecule has 0 saturated heterocycles. The standard InChI is InChI=1S/C14H11N3O5/c1-8-3-2-4-11(15-8)13(18)16-12-7-9(17(21)22)5-6-10(12)14(19)20/h2-7H,1H3,(H,16,18)(H,19,20). The predicted molar refractivity (Wildman–Crippen MR) is 77.0 cm³/mol. The zero-order chi connectivity index (χ0) is 16.3. The number of nitrogens with one attached hydrogen (secondary N) is 1. The first kappa shape index (κ1) is 15.1. The third-order valence-corrected chi connectivity index (χ3v) is 2.81. The van der Waals surface area contributed by atoms with Crippen molar-refractivity contribution in [3.63, 3.8) is 0 Å². The predicted octanol–water partition coefficient (Wildman–Crippen LogP) is 2.25. The molecule has 0 atom stereocenters. The van der Waals surface area contributed by atoms with E-state index < -0.39 is 16.8 Å². The maximum Gasteiger partial charge on any atom is 0.337 e. The minimum atomic E-state index is -1.30. The van der Waals surface area contributed by atoms with Gasteiger partial charge >= 0.3 is 5.97 Å². The first-order chi connectivity index (χ1) is 10.4. The number of rotatable bonds is 4. The Labute approximate surface area is 124 Å². The summed E-state index contributed by atoms with van der Waals surface area (Å²) in [7, 11) is 0. The molecule has 0 aliphatic heterocycles. The second-order valence-electron chi connectivity index (χ2n) is 4.41. The molecule has 112 valence electrons. The number of aromatic carboxylic acids is 1. The molecule has 0 radical (unpaired) electrons. The van der Waals surface area contributed by atoms with Crippen molar-refractivity contribution in [2.24, 2.45) is 0 Å². The number of carboxylic acids is 1. The van der Waals surface area contributed by atoms with Gasteiger partial charge in [0.15, 0.2) is 0 Å². The molecule has 8 nitrogen and oxygen atoms in total. The van der Waals surface area contributed by atoms with Gasteiger partial charge in [0.05, 0.1) is 16.2 Å². The van der Waals surface area contributed by atoms with Crippen molar-refractivity contribution >= 4 is 23.3 Å². The van der Waals surface area contributed by atoms with E-state index in [0.29, 0.717) is 5.69 Å². The second-order valence-corrected chi connectivity index (χ2v) is 4.41. The highest BCUT2D eigenvalue weighted by Crippen LogP contribution is 2.23. The number of hydrogen-bond donors (Lipinski definition) is 2. The van der Waals surface area contributed by atoms with E-state index in [4.69, 9.17) is 5.11 Å². The quantitative estimate of drug-likeness (QED) is 0.659. The highest BCUT2D eigenvalue weighted by molar-refractivity contribution is 6.07. The average molecular weight is 301 g/mol. The van der Waals surface area contributed by atoms with Crippen molar-refractivity contribution in [3.8, 4) is 0 Å². The summed E-state index contributed by atoms with van der Waals surface area (Å²) in [5.41, 5.74) is -0.0212. The van der Waals surface area contributed by atoms with Crippen LogP contribution in [0.3, 0.4) is 0 Å². The van der Waals surface area contributed by atoms with Crippen LogP contribution in [0.15, 0.2) is 36.4 Å². The number of benzene rings is 1. The van der Waals surface area contributed by atoms with E-state index in [9.17, 15) is 19.7 Å². The number of nitrogens with zero attached hydrogens (tertiary/aromatic N) is 2. The van der Waals surface area contributed by atoms with Crippen LogP contribution in [0, 0.1) is 17.0 Å². The van der Waals surface area contributed by atoms with Gasteiger partial charge in [-0.3, -0.25) is 14.9 Å². The zero-order valence-electron chi connectivity index (χ0n) is 11.4. The summed E-state index contributed by atoms with van der Waals surface area (Å²) < 4.78 is 0. The van der Waals surface area contributed by atoms with Gasteiger partial charge in [-0.1, -0.05) is 6.07 Å². The Kier molecular flexibility index (Phi) is 4.12. The van der Waals surface area contributed by atoms with Crippen LogP contribution < -0.4 is 5.32 Å². The van der Waals surface area contributed by atoms with E-state index in [1.165, 1.54) is 6.07 Å². The highest BCUT2D eigenvalue weighted by atomic mass is 16.6. The van der Waals surface area contributed by atoms with E-state index in [-0.39, 0.29) is 22.6 Å². The van der Waals surface area contributed by atoms with E-state index in [0.717, 1.165) is 18.2 Å². The molecule has 2 aromatic rings. The number of carbonyl (C=O) groups is 2. The van der Waals surface area contributed by atoms with Crippen LogP contribution in [-0.4, -0.2) is 26.9 Å². The molecule has 2 rings (SSSR count). The van der Waals surface area contributed by atoms with Crippen LogP contribution >= 0.6 is 0 Å². The van der Waals surface area contributed by atoms with Gasteiger partial charge in [0.25, 0.3) is 11.6 Å². The first-order valence-electron chi connectivity index (χ1n) is 6.15. The molecule has 22 heavy (non-hydrogen) atoms. The Morgan fingerprint density at radius 1 is 1.27 bits per heavy atom. The lowest BCUT2D eigenvalue weighted by atomic mass is 10.1. The number of nitro groups is 1. The number of aryl methyl sites for hydroxylation is 1. The number of non-ortho nitro benzene ring substituents is 1. The van der Waals surface area contributed by atoms with Crippen LogP contribution in [0.4, 0.5) is 11.4 Å². The number of anilines is 1. The minimum Gasteiger partial charge on any atom is -0.478 e. The lowest BCUT2D eigenvalue weighted by molar-refractivity contribution is -0.384.